The number of aromatic nitrogens is 1. The predicted molar refractivity (Wildman–Crippen MR) is 98.7 cm³/mol. The van der Waals surface area contributed by atoms with Crippen molar-refractivity contribution >= 4 is 44.5 Å². The summed E-state index contributed by atoms with van der Waals surface area (Å²) < 4.78 is 6.26. The minimum atomic E-state index is -0.183. The molecule has 0 spiro atoms. The number of halogens is 1. The van der Waals surface area contributed by atoms with Crippen molar-refractivity contribution in [1.29, 1.82) is 0 Å². The topological polar surface area (TPSA) is 66.8 Å². The number of ether oxygens (including phenoxy) is 1. The molecule has 6 nitrogen and oxygen atoms in total. The van der Waals surface area contributed by atoms with Crippen LogP contribution in [-0.2, 0) is 16.0 Å². The molecule has 24 heavy (non-hydrogen) atoms. The van der Waals surface area contributed by atoms with Gasteiger partial charge in [0.15, 0.2) is 5.13 Å². The first-order chi connectivity index (χ1) is 11.7. The summed E-state index contributed by atoms with van der Waals surface area (Å²) >= 11 is 4.99. The Morgan fingerprint density at radius 3 is 3.00 bits per heavy atom. The van der Waals surface area contributed by atoms with Crippen LogP contribution in [0.2, 0.25) is 0 Å². The van der Waals surface area contributed by atoms with Crippen molar-refractivity contribution in [2.24, 2.45) is 5.10 Å². The Morgan fingerprint density at radius 2 is 2.21 bits per heavy atom. The van der Waals surface area contributed by atoms with Crippen molar-refractivity contribution in [3.05, 3.63) is 45.4 Å². The highest BCUT2D eigenvalue weighted by Crippen LogP contribution is 2.21. The van der Waals surface area contributed by atoms with Crippen molar-refractivity contribution in [2.45, 2.75) is 6.42 Å². The van der Waals surface area contributed by atoms with Gasteiger partial charge < -0.3 is 9.64 Å². The number of amides is 1. The molecule has 0 aliphatic carbocycles. The molecule has 1 amide bonds. The van der Waals surface area contributed by atoms with Crippen molar-refractivity contribution < 1.29 is 9.53 Å². The van der Waals surface area contributed by atoms with Gasteiger partial charge in [0, 0.05) is 28.5 Å². The average molecular weight is 409 g/mol. The molecular weight excluding hydrogens is 392 g/mol. The molecule has 0 bridgehead atoms. The molecule has 0 unspecified atom stereocenters. The van der Waals surface area contributed by atoms with E-state index < -0.39 is 0 Å². The number of hydrogen-bond acceptors (Lipinski definition) is 6. The molecule has 2 heterocycles. The van der Waals surface area contributed by atoms with E-state index in [2.05, 4.69) is 36.3 Å². The summed E-state index contributed by atoms with van der Waals surface area (Å²) in [5.41, 5.74) is 4.20. The maximum absolute atomic E-state index is 12.0. The lowest BCUT2D eigenvalue weighted by molar-refractivity contribution is -0.120. The highest BCUT2D eigenvalue weighted by atomic mass is 79.9. The summed E-state index contributed by atoms with van der Waals surface area (Å²) in [7, 11) is 0. The Balaban J connectivity index is 1.52. The normalized spacial score (nSPS) is 15.0. The van der Waals surface area contributed by atoms with E-state index in [-0.39, 0.29) is 12.3 Å². The fourth-order valence-electron chi connectivity index (χ4n) is 2.23. The third kappa shape index (κ3) is 4.62. The van der Waals surface area contributed by atoms with Crippen LogP contribution < -0.4 is 10.3 Å². The minimum Gasteiger partial charge on any atom is -0.378 e. The number of nitrogens with zero attached hydrogens (tertiary/aromatic N) is 3. The standard InChI is InChI=1S/C16H17BrN4O2S/c17-14-4-2-1-3-12(14)10-18-20-15(22)9-13-11-24-16(19-13)21-5-7-23-8-6-21/h1-4,10-11H,5-9H2,(H,20,22)/b18-10-. The minimum absolute atomic E-state index is 0.183. The lowest BCUT2D eigenvalue weighted by Gasteiger charge is -2.26. The molecule has 1 aromatic heterocycles. The second-order valence-electron chi connectivity index (χ2n) is 5.21. The van der Waals surface area contributed by atoms with E-state index in [1.807, 2.05) is 29.6 Å². The quantitative estimate of drug-likeness (QED) is 0.609. The molecule has 0 radical (unpaired) electrons. The Bertz CT molecular complexity index is 728. The number of carbonyl (C=O) groups excluding carboxylic acids is 1. The number of benzene rings is 1. The number of rotatable bonds is 5. The third-order valence-corrected chi connectivity index (χ3v) is 5.13. The van der Waals surface area contributed by atoms with Crippen LogP contribution in [0.5, 0.6) is 0 Å². The summed E-state index contributed by atoms with van der Waals surface area (Å²) in [4.78, 5) is 18.7. The second kappa shape index (κ2) is 8.36. The van der Waals surface area contributed by atoms with Gasteiger partial charge in [-0.25, -0.2) is 10.4 Å². The van der Waals surface area contributed by atoms with Gasteiger partial charge in [0.2, 0.25) is 5.91 Å². The summed E-state index contributed by atoms with van der Waals surface area (Å²) in [6.07, 6.45) is 1.83. The van der Waals surface area contributed by atoms with Crippen LogP contribution in [0.15, 0.2) is 39.2 Å². The van der Waals surface area contributed by atoms with E-state index in [1.54, 1.807) is 17.6 Å². The Morgan fingerprint density at radius 1 is 1.42 bits per heavy atom. The zero-order chi connectivity index (χ0) is 16.8. The Labute approximate surface area is 152 Å². The van der Waals surface area contributed by atoms with Crippen LogP contribution in [0.4, 0.5) is 5.13 Å². The number of anilines is 1. The summed E-state index contributed by atoms with van der Waals surface area (Å²) in [6.45, 7) is 3.13. The summed E-state index contributed by atoms with van der Waals surface area (Å²) in [5, 5.41) is 6.85. The van der Waals surface area contributed by atoms with Crippen LogP contribution in [0.1, 0.15) is 11.3 Å². The van der Waals surface area contributed by atoms with Crippen molar-refractivity contribution in [3.8, 4) is 0 Å². The third-order valence-electron chi connectivity index (χ3n) is 3.46. The Kier molecular flexibility index (Phi) is 5.95. The smallest absolute Gasteiger partial charge is 0.246 e. The first-order valence-electron chi connectivity index (χ1n) is 7.56. The van der Waals surface area contributed by atoms with Gasteiger partial charge in [-0.3, -0.25) is 4.79 Å². The molecule has 2 aromatic rings. The molecule has 1 fully saturated rings. The second-order valence-corrected chi connectivity index (χ2v) is 6.90. The largest absolute Gasteiger partial charge is 0.378 e. The van der Waals surface area contributed by atoms with E-state index >= 15 is 0 Å². The highest BCUT2D eigenvalue weighted by molar-refractivity contribution is 9.10. The SMILES string of the molecule is O=C(Cc1csc(N2CCOCC2)n1)N/N=C\c1ccccc1Br. The van der Waals surface area contributed by atoms with Crippen LogP contribution in [0.25, 0.3) is 0 Å². The monoisotopic (exact) mass is 408 g/mol. The van der Waals surface area contributed by atoms with Crippen LogP contribution in [0, 0.1) is 0 Å². The molecule has 1 saturated heterocycles. The van der Waals surface area contributed by atoms with Gasteiger partial charge in [0.05, 0.1) is 31.5 Å². The van der Waals surface area contributed by atoms with Gasteiger partial charge in [-0.15, -0.1) is 11.3 Å². The zero-order valence-corrected chi connectivity index (χ0v) is 15.3. The van der Waals surface area contributed by atoms with Gasteiger partial charge in [-0.1, -0.05) is 34.1 Å². The van der Waals surface area contributed by atoms with E-state index in [0.717, 1.165) is 47.2 Å². The van der Waals surface area contributed by atoms with E-state index in [1.165, 1.54) is 0 Å². The molecule has 0 saturated carbocycles. The Hall–Kier alpha value is -1.77. The zero-order valence-electron chi connectivity index (χ0n) is 12.9. The number of hydrazone groups is 1. The van der Waals surface area contributed by atoms with Crippen LogP contribution >= 0.6 is 27.3 Å². The van der Waals surface area contributed by atoms with E-state index in [9.17, 15) is 4.79 Å². The fourth-order valence-corrected chi connectivity index (χ4v) is 3.50. The molecule has 1 aromatic carbocycles. The molecule has 0 atom stereocenters. The van der Waals surface area contributed by atoms with Gasteiger partial charge in [-0.2, -0.15) is 5.10 Å². The first kappa shape index (κ1) is 17.1. The molecule has 1 aliphatic rings. The molecule has 1 aliphatic heterocycles. The van der Waals surface area contributed by atoms with Gasteiger partial charge >= 0.3 is 0 Å². The lowest BCUT2D eigenvalue weighted by atomic mass is 10.2. The van der Waals surface area contributed by atoms with Crippen molar-refractivity contribution in [2.75, 3.05) is 31.2 Å². The van der Waals surface area contributed by atoms with E-state index in [0.29, 0.717) is 0 Å². The predicted octanol–water partition coefficient (Wildman–Crippen LogP) is 2.44. The first-order valence-corrected chi connectivity index (χ1v) is 9.23. The lowest BCUT2D eigenvalue weighted by Crippen LogP contribution is -2.36. The van der Waals surface area contributed by atoms with Crippen LogP contribution in [0.3, 0.4) is 0 Å². The number of thiazole rings is 1. The van der Waals surface area contributed by atoms with Crippen molar-refractivity contribution in [1.82, 2.24) is 10.4 Å². The maximum Gasteiger partial charge on any atom is 0.246 e. The van der Waals surface area contributed by atoms with Crippen LogP contribution in [-0.4, -0.2) is 43.4 Å². The molecule has 126 valence electrons. The molecule has 8 heteroatoms. The van der Waals surface area contributed by atoms with Gasteiger partial charge in [0.1, 0.15) is 0 Å². The number of nitrogens with one attached hydrogen (secondary N) is 1. The molecule has 1 N–H and O–H groups in total. The average Bonchev–Trinajstić information content (AvgIpc) is 3.06. The van der Waals surface area contributed by atoms with Gasteiger partial charge in [-0.05, 0) is 6.07 Å². The number of morpholine rings is 1. The summed E-state index contributed by atoms with van der Waals surface area (Å²) in [5.74, 6) is -0.183. The number of hydrogen-bond donors (Lipinski definition) is 1. The fraction of sp³-hybridized carbons (Fsp3) is 0.312. The van der Waals surface area contributed by atoms with Crippen molar-refractivity contribution in [3.63, 3.8) is 0 Å². The summed E-state index contributed by atoms with van der Waals surface area (Å²) in [6, 6.07) is 7.67. The maximum atomic E-state index is 12.0. The molecular formula is C16H17BrN4O2S. The number of carbonyl (C=O) groups is 1. The molecule has 3 rings (SSSR count). The van der Waals surface area contributed by atoms with Gasteiger partial charge in [0.25, 0.3) is 0 Å². The highest BCUT2D eigenvalue weighted by Gasteiger charge is 2.15. The van der Waals surface area contributed by atoms with E-state index in [4.69, 9.17) is 4.74 Å².